The van der Waals surface area contributed by atoms with Gasteiger partial charge in [-0.15, -0.1) is 0 Å². The summed E-state index contributed by atoms with van der Waals surface area (Å²) in [4.78, 5) is 29.1. The van der Waals surface area contributed by atoms with Crippen molar-refractivity contribution in [2.75, 3.05) is 14.2 Å². The molecule has 1 amide bonds. The van der Waals surface area contributed by atoms with Crippen molar-refractivity contribution in [1.29, 1.82) is 0 Å². The number of hydrogen-bond acceptors (Lipinski definition) is 6. The smallest absolute Gasteiger partial charge is 0.337 e. The number of carbonyl (C=O) groups is 2. The van der Waals surface area contributed by atoms with E-state index in [1.54, 1.807) is 42.0 Å². The Labute approximate surface area is 163 Å². The summed E-state index contributed by atoms with van der Waals surface area (Å²) in [6, 6.07) is 12.3. The molecule has 0 aliphatic rings. The van der Waals surface area contributed by atoms with Crippen LogP contribution in [0.3, 0.4) is 0 Å². The summed E-state index contributed by atoms with van der Waals surface area (Å²) < 4.78 is 18.3. The summed E-state index contributed by atoms with van der Waals surface area (Å²) in [7, 11) is 4.69. The standard InChI is InChI=1S/C20H16N2O5S/c1-22-13-8-7-12(19(24)26-3)10-16(13)28-20(22)21-18(23)15-9-11-5-4-6-14(25-2)17(11)27-15/h4-10H,1-3H3. The third kappa shape index (κ3) is 2.97. The zero-order chi connectivity index (χ0) is 19.8. The monoisotopic (exact) mass is 396 g/mol. The van der Waals surface area contributed by atoms with E-state index in [1.165, 1.54) is 18.4 Å². The molecule has 0 atom stereocenters. The predicted octanol–water partition coefficient (Wildman–Crippen LogP) is 3.52. The van der Waals surface area contributed by atoms with Crippen LogP contribution in [-0.4, -0.2) is 30.7 Å². The molecule has 0 bridgehead atoms. The minimum absolute atomic E-state index is 0.132. The van der Waals surface area contributed by atoms with Crippen LogP contribution in [-0.2, 0) is 11.8 Å². The average Bonchev–Trinajstić information content (AvgIpc) is 3.28. The van der Waals surface area contributed by atoms with E-state index in [-0.39, 0.29) is 5.76 Å². The fraction of sp³-hybridized carbons (Fsp3) is 0.150. The maximum Gasteiger partial charge on any atom is 0.337 e. The average molecular weight is 396 g/mol. The van der Waals surface area contributed by atoms with Crippen LogP contribution in [0, 0.1) is 0 Å². The zero-order valence-electron chi connectivity index (χ0n) is 15.4. The number of para-hydroxylation sites is 1. The van der Waals surface area contributed by atoms with Gasteiger partial charge in [-0.2, -0.15) is 4.99 Å². The summed E-state index contributed by atoms with van der Waals surface area (Å²) in [5.74, 6) is -0.219. The van der Waals surface area contributed by atoms with Crippen molar-refractivity contribution in [3.05, 3.63) is 58.6 Å². The molecule has 0 radical (unpaired) electrons. The molecule has 28 heavy (non-hydrogen) atoms. The van der Waals surface area contributed by atoms with Gasteiger partial charge in [0.05, 0.1) is 30.0 Å². The number of amides is 1. The second-order valence-corrected chi connectivity index (χ2v) is 7.03. The van der Waals surface area contributed by atoms with Gasteiger partial charge in [-0.05, 0) is 30.3 Å². The first kappa shape index (κ1) is 18.0. The van der Waals surface area contributed by atoms with Crippen molar-refractivity contribution in [3.8, 4) is 5.75 Å². The van der Waals surface area contributed by atoms with Crippen molar-refractivity contribution in [2.24, 2.45) is 12.0 Å². The Balaban J connectivity index is 1.78. The molecule has 0 spiro atoms. The number of ether oxygens (including phenoxy) is 2. The lowest BCUT2D eigenvalue weighted by molar-refractivity contribution is 0.0601. The first-order chi connectivity index (χ1) is 13.5. The van der Waals surface area contributed by atoms with Crippen molar-refractivity contribution in [3.63, 3.8) is 0 Å². The molecule has 4 aromatic rings. The first-order valence-corrected chi connectivity index (χ1v) is 9.17. The third-order valence-corrected chi connectivity index (χ3v) is 5.46. The molecular weight excluding hydrogens is 380 g/mol. The number of furan rings is 1. The van der Waals surface area contributed by atoms with Crippen LogP contribution in [0.2, 0.25) is 0 Å². The van der Waals surface area contributed by atoms with Crippen LogP contribution in [0.25, 0.3) is 21.2 Å². The molecule has 142 valence electrons. The van der Waals surface area contributed by atoms with Gasteiger partial charge in [-0.1, -0.05) is 23.5 Å². The fourth-order valence-electron chi connectivity index (χ4n) is 2.93. The van der Waals surface area contributed by atoms with Gasteiger partial charge in [-0.25, -0.2) is 4.79 Å². The number of fused-ring (bicyclic) bond motifs is 2. The van der Waals surface area contributed by atoms with Crippen LogP contribution in [0.4, 0.5) is 0 Å². The maximum atomic E-state index is 12.7. The number of benzene rings is 2. The second kappa shape index (κ2) is 6.97. The summed E-state index contributed by atoms with van der Waals surface area (Å²) in [6.07, 6.45) is 0. The molecule has 0 fully saturated rings. The second-order valence-electron chi connectivity index (χ2n) is 6.02. The van der Waals surface area contributed by atoms with Crippen LogP contribution < -0.4 is 9.54 Å². The Morgan fingerprint density at radius 2 is 1.96 bits per heavy atom. The van der Waals surface area contributed by atoms with Crippen LogP contribution in [0.15, 0.2) is 51.9 Å². The van der Waals surface area contributed by atoms with Crippen molar-refractivity contribution < 1.29 is 23.5 Å². The number of aromatic nitrogens is 1. The number of hydrogen-bond donors (Lipinski definition) is 0. The van der Waals surface area contributed by atoms with Gasteiger partial charge in [0.2, 0.25) is 0 Å². The lowest BCUT2D eigenvalue weighted by atomic mass is 10.2. The molecule has 0 unspecified atom stereocenters. The number of nitrogens with zero attached hydrogens (tertiary/aromatic N) is 2. The molecule has 0 N–H and O–H groups in total. The van der Waals surface area contributed by atoms with Crippen molar-refractivity contribution in [1.82, 2.24) is 4.57 Å². The summed E-state index contributed by atoms with van der Waals surface area (Å²) in [5.41, 5.74) is 1.81. The Morgan fingerprint density at radius 1 is 1.14 bits per heavy atom. The summed E-state index contributed by atoms with van der Waals surface area (Å²) in [5, 5.41) is 0.765. The molecule has 0 aliphatic carbocycles. The molecule has 2 aromatic carbocycles. The number of rotatable bonds is 3. The Kier molecular flexibility index (Phi) is 4.48. The topological polar surface area (TPSA) is 83.0 Å². The zero-order valence-corrected chi connectivity index (χ0v) is 16.2. The SMILES string of the molecule is COC(=O)c1ccc2c(c1)sc(=NC(=O)c1cc3cccc(OC)c3o1)n2C. The molecule has 0 saturated heterocycles. The van der Waals surface area contributed by atoms with E-state index in [0.29, 0.717) is 21.7 Å². The summed E-state index contributed by atoms with van der Waals surface area (Å²) >= 11 is 1.30. The minimum Gasteiger partial charge on any atom is -0.493 e. The van der Waals surface area contributed by atoms with Gasteiger partial charge in [0, 0.05) is 12.4 Å². The van der Waals surface area contributed by atoms with E-state index >= 15 is 0 Å². The number of aryl methyl sites for hydroxylation is 1. The minimum atomic E-state index is -0.492. The maximum absolute atomic E-state index is 12.7. The molecule has 4 rings (SSSR count). The molecular formula is C20H16N2O5S. The first-order valence-electron chi connectivity index (χ1n) is 8.35. The molecule has 2 heterocycles. The molecule has 2 aromatic heterocycles. The highest BCUT2D eigenvalue weighted by Gasteiger charge is 2.15. The summed E-state index contributed by atoms with van der Waals surface area (Å²) in [6.45, 7) is 0. The largest absolute Gasteiger partial charge is 0.493 e. The van der Waals surface area contributed by atoms with Gasteiger partial charge in [0.15, 0.2) is 21.9 Å². The molecule has 8 heteroatoms. The highest BCUT2D eigenvalue weighted by Crippen LogP contribution is 2.28. The Morgan fingerprint density at radius 3 is 2.71 bits per heavy atom. The van der Waals surface area contributed by atoms with E-state index in [4.69, 9.17) is 13.9 Å². The number of thiazole rings is 1. The highest BCUT2D eigenvalue weighted by atomic mass is 32.1. The van der Waals surface area contributed by atoms with Crippen molar-refractivity contribution >= 4 is 44.4 Å². The highest BCUT2D eigenvalue weighted by molar-refractivity contribution is 7.16. The Bertz CT molecular complexity index is 1300. The van der Waals surface area contributed by atoms with E-state index in [9.17, 15) is 9.59 Å². The Hall–Kier alpha value is -3.39. The van der Waals surface area contributed by atoms with Crippen LogP contribution >= 0.6 is 11.3 Å². The normalized spacial score (nSPS) is 11.9. The fourth-order valence-corrected chi connectivity index (χ4v) is 3.99. The number of esters is 1. The van der Waals surface area contributed by atoms with Gasteiger partial charge in [0.1, 0.15) is 0 Å². The third-order valence-electron chi connectivity index (χ3n) is 4.37. The van der Waals surface area contributed by atoms with Crippen LogP contribution in [0.5, 0.6) is 5.75 Å². The molecule has 7 nitrogen and oxygen atoms in total. The van der Waals surface area contributed by atoms with Gasteiger partial charge in [-0.3, -0.25) is 4.79 Å². The van der Waals surface area contributed by atoms with E-state index in [2.05, 4.69) is 4.99 Å². The number of methoxy groups -OCH3 is 2. The predicted molar refractivity (Wildman–Crippen MR) is 105 cm³/mol. The van der Waals surface area contributed by atoms with Gasteiger partial charge in [0.25, 0.3) is 0 Å². The van der Waals surface area contributed by atoms with Gasteiger partial charge >= 0.3 is 11.9 Å². The lowest BCUT2D eigenvalue weighted by Gasteiger charge is -1.99. The van der Waals surface area contributed by atoms with E-state index in [0.717, 1.165) is 15.6 Å². The van der Waals surface area contributed by atoms with Gasteiger partial charge < -0.3 is 18.5 Å². The van der Waals surface area contributed by atoms with E-state index < -0.39 is 11.9 Å². The quantitative estimate of drug-likeness (QED) is 0.495. The van der Waals surface area contributed by atoms with Crippen molar-refractivity contribution in [2.45, 2.75) is 0 Å². The lowest BCUT2D eigenvalue weighted by Crippen LogP contribution is -2.13. The van der Waals surface area contributed by atoms with Crippen LogP contribution in [0.1, 0.15) is 20.9 Å². The molecule has 0 saturated carbocycles. The molecule has 0 aliphatic heterocycles. The number of carbonyl (C=O) groups excluding carboxylic acids is 2. The van der Waals surface area contributed by atoms with E-state index in [1.807, 2.05) is 19.2 Å².